The second-order valence-corrected chi connectivity index (χ2v) is 5.12. The van der Waals surface area contributed by atoms with E-state index in [4.69, 9.17) is 5.11 Å². The maximum absolute atomic E-state index is 9.08. The van der Waals surface area contributed by atoms with E-state index in [0.29, 0.717) is 12.6 Å². The highest BCUT2D eigenvalue weighted by molar-refractivity contribution is 7.22. The average Bonchev–Trinajstić information content (AvgIpc) is 3.04. The molecular formula is C12H14N2OS. The molecule has 0 bridgehead atoms. The van der Waals surface area contributed by atoms with Crippen LogP contribution in [0.4, 0.5) is 5.13 Å². The van der Waals surface area contributed by atoms with Gasteiger partial charge in [0.25, 0.3) is 0 Å². The van der Waals surface area contributed by atoms with Gasteiger partial charge in [0.2, 0.25) is 0 Å². The third-order valence-corrected chi connectivity index (χ3v) is 3.93. The Morgan fingerprint density at radius 2 is 2.19 bits per heavy atom. The van der Waals surface area contributed by atoms with Crippen LogP contribution < -0.4 is 4.90 Å². The first-order valence-electron chi connectivity index (χ1n) is 5.61. The van der Waals surface area contributed by atoms with Crippen molar-refractivity contribution < 1.29 is 5.11 Å². The van der Waals surface area contributed by atoms with E-state index in [1.165, 1.54) is 17.5 Å². The lowest BCUT2D eigenvalue weighted by Crippen LogP contribution is -2.28. The molecule has 0 saturated heterocycles. The van der Waals surface area contributed by atoms with E-state index in [0.717, 1.165) is 10.6 Å². The summed E-state index contributed by atoms with van der Waals surface area (Å²) >= 11 is 1.72. The average molecular weight is 234 g/mol. The number of fused-ring (bicyclic) bond motifs is 1. The molecule has 3 rings (SSSR count). The Labute approximate surface area is 98.3 Å². The molecule has 1 aliphatic carbocycles. The highest BCUT2D eigenvalue weighted by atomic mass is 32.1. The summed E-state index contributed by atoms with van der Waals surface area (Å²) in [5.74, 6) is 0. The van der Waals surface area contributed by atoms with Crippen LogP contribution >= 0.6 is 11.3 Å². The van der Waals surface area contributed by atoms with Crippen molar-refractivity contribution in [2.45, 2.75) is 18.9 Å². The van der Waals surface area contributed by atoms with Gasteiger partial charge in [-0.25, -0.2) is 4.98 Å². The quantitative estimate of drug-likeness (QED) is 0.881. The van der Waals surface area contributed by atoms with Crippen LogP contribution in [0.3, 0.4) is 0 Å². The number of thiazole rings is 1. The first-order chi connectivity index (χ1) is 7.88. The van der Waals surface area contributed by atoms with Crippen LogP contribution in [-0.2, 0) is 0 Å². The monoisotopic (exact) mass is 234 g/mol. The smallest absolute Gasteiger partial charge is 0.186 e. The molecule has 0 amide bonds. The Bertz CT molecular complexity index is 459. The minimum atomic E-state index is 0.201. The molecular weight excluding hydrogens is 220 g/mol. The molecule has 1 aromatic carbocycles. The topological polar surface area (TPSA) is 36.4 Å². The van der Waals surface area contributed by atoms with Crippen molar-refractivity contribution in [2.24, 2.45) is 0 Å². The Morgan fingerprint density at radius 3 is 2.88 bits per heavy atom. The van der Waals surface area contributed by atoms with Gasteiger partial charge in [0, 0.05) is 12.6 Å². The van der Waals surface area contributed by atoms with Gasteiger partial charge in [0.1, 0.15) is 0 Å². The molecule has 1 N–H and O–H groups in total. The second kappa shape index (κ2) is 4.03. The lowest BCUT2D eigenvalue weighted by molar-refractivity contribution is 0.301. The summed E-state index contributed by atoms with van der Waals surface area (Å²) in [6.07, 6.45) is 2.46. The van der Waals surface area contributed by atoms with Crippen molar-refractivity contribution in [1.82, 2.24) is 4.98 Å². The molecule has 1 heterocycles. The minimum absolute atomic E-state index is 0.201. The molecule has 84 valence electrons. The summed E-state index contributed by atoms with van der Waals surface area (Å²) in [6, 6.07) is 8.80. The number of nitrogens with zero attached hydrogens (tertiary/aromatic N) is 2. The van der Waals surface area contributed by atoms with Crippen LogP contribution in [0.2, 0.25) is 0 Å². The summed E-state index contributed by atoms with van der Waals surface area (Å²) in [5.41, 5.74) is 1.06. The van der Waals surface area contributed by atoms with Crippen molar-refractivity contribution in [2.75, 3.05) is 18.1 Å². The van der Waals surface area contributed by atoms with Crippen molar-refractivity contribution in [3.63, 3.8) is 0 Å². The number of hydrogen-bond donors (Lipinski definition) is 1. The normalized spacial score (nSPS) is 15.6. The maximum Gasteiger partial charge on any atom is 0.186 e. The van der Waals surface area contributed by atoms with E-state index in [1.54, 1.807) is 11.3 Å². The van der Waals surface area contributed by atoms with Gasteiger partial charge < -0.3 is 10.0 Å². The van der Waals surface area contributed by atoms with E-state index >= 15 is 0 Å². The Kier molecular flexibility index (Phi) is 2.53. The largest absolute Gasteiger partial charge is 0.395 e. The Balaban J connectivity index is 1.96. The van der Waals surface area contributed by atoms with Crippen LogP contribution in [0.25, 0.3) is 10.2 Å². The summed E-state index contributed by atoms with van der Waals surface area (Å²) in [7, 11) is 0. The number of para-hydroxylation sites is 1. The lowest BCUT2D eigenvalue weighted by atomic mass is 10.3. The van der Waals surface area contributed by atoms with Crippen LogP contribution in [0.15, 0.2) is 24.3 Å². The number of benzene rings is 1. The van der Waals surface area contributed by atoms with Crippen molar-refractivity contribution >= 4 is 26.7 Å². The number of aromatic nitrogens is 1. The van der Waals surface area contributed by atoms with E-state index in [2.05, 4.69) is 16.0 Å². The van der Waals surface area contributed by atoms with Crippen LogP contribution in [-0.4, -0.2) is 29.3 Å². The molecule has 0 unspecified atom stereocenters. The van der Waals surface area contributed by atoms with E-state index in [9.17, 15) is 0 Å². The zero-order valence-electron chi connectivity index (χ0n) is 8.97. The summed E-state index contributed by atoms with van der Waals surface area (Å²) in [6.45, 7) is 0.900. The van der Waals surface area contributed by atoms with Crippen LogP contribution in [0.1, 0.15) is 12.8 Å². The molecule has 1 aromatic heterocycles. The van der Waals surface area contributed by atoms with E-state index < -0.39 is 0 Å². The van der Waals surface area contributed by atoms with Gasteiger partial charge in [-0.2, -0.15) is 0 Å². The fourth-order valence-corrected chi connectivity index (χ4v) is 2.97. The predicted molar refractivity (Wildman–Crippen MR) is 67.1 cm³/mol. The maximum atomic E-state index is 9.08. The number of aliphatic hydroxyl groups excluding tert-OH is 1. The zero-order valence-corrected chi connectivity index (χ0v) is 9.78. The highest BCUT2D eigenvalue weighted by Gasteiger charge is 2.30. The molecule has 0 spiro atoms. The van der Waals surface area contributed by atoms with E-state index in [1.807, 2.05) is 18.2 Å². The first-order valence-corrected chi connectivity index (χ1v) is 6.43. The molecule has 3 nitrogen and oxygen atoms in total. The standard InChI is InChI=1S/C12H14N2OS/c15-8-7-14(9-5-6-9)12-13-10-3-1-2-4-11(10)16-12/h1-4,9,15H,5-8H2. The van der Waals surface area contributed by atoms with Crippen molar-refractivity contribution in [3.8, 4) is 0 Å². The van der Waals surface area contributed by atoms with Gasteiger partial charge in [0.15, 0.2) is 5.13 Å². The molecule has 0 radical (unpaired) electrons. The van der Waals surface area contributed by atoms with Crippen molar-refractivity contribution in [3.05, 3.63) is 24.3 Å². The van der Waals surface area contributed by atoms with Gasteiger partial charge in [-0.1, -0.05) is 23.5 Å². The van der Waals surface area contributed by atoms with Gasteiger partial charge in [-0.3, -0.25) is 0 Å². The SMILES string of the molecule is OCCN(c1nc2ccccc2s1)C1CC1. The van der Waals surface area contributed by atoms with Crippen molar-refractivity contribution in [1.29, 1.82) is 0 Å². The second-order valence-electron chi connectivity index (χ2n) is 4.11. The highest BCUT2D eigenvalue weighted by Crippen LogP contribution is 2.35. The van der Waals surface area contributed by atoms with E-state index in [-0.39, 0.29) is 6.61 Å². The number of rotatable bonds is 4. The molecule has 2 aromatic rings. The number of aliphatic hydroxyl groups is 1. The Hall–Kier alpha value is -1.13. The lowest BCUT2D eigenvalue weighted by Gasteiger charge is -2.19. The molecule has 0 aliphatic heterocycles. The van der Waals surface area contributed by atoms with Gasteiger partial charge in [-0.05, 0) is 25.0 Å². The van der Waals surface area contributed by atoms with Gasteiger partial charge in [0.05, 0.1) is 16.8 Å². The number of anilines is 1. The molecule has 16 heavy (non-hydrogen) atoms. The molecule has 4 heteroatoms. The number of hydrogen-bond acceptors (Lipinski definition) is 4. The molecule has 1 fully saturated rings. The zero-order chi connectivity index (χ0) is 11.0. The third kappa shape index (κ3) is 1.79. The fourth-order valence-electron chi connectivity index (χ4n) is 1.91. The molecule has 1 aliphatic rings. The summed E-state index contributed by atoms with van der Waals surface area (Å²) < 4.78 is 1.22. The predicted octanol–water partition coefficient (Wildman–Crippen LogP) is 2.26. The van der Waals surface area contributed by atoms with Crippen LogP contribution in [0, 0.1) is 0 Å². The summed E-state index contributed by atoms with van der Waals surface area (Å²) in [5, 5.41) is 10.1. The Morgan fingerprint density at radius 1 is 1.38 bits per heavy atom. The van der Waals surface area contributed by atoms with Gasteiger partial charge in [-0.15, -0.1) is 0 Å². The molecule has 1 saturated carbocycles. The third-order valence-electron chi connectivity index (χ3n) is 2.86. The summed E-state index contributed by atoms with van der Waals surface area (Å²) in [4.78, 5) is 6.87. The first kappa shape index (κ1) is 10.1. The van der Waals surface area contributed by atoms with Gasteiger partial charge >= 0.3 is 0 Å². The molecule has 0 atom stereocenters. The van der Waals surface area contributed by atoms with Crippen LogP contribution in [0.5, 0.6) is 0 Å². The minimum Gasteiger partial charge on any atom is -0.395 e. The fraction of sp³-hybridized carbons (Fsp3) is 0.417.